The van der Waals surface area contributed by atoms with Gasteiger partial charge in [-0.1, -0.05) is 24.6 Å². The van der Waals surface area contributed by atoms with E-state index in [0.29, 0.717) is 11.1 Å². The van der Waals surface area contributed by atoms with Crippen LogP contribution in [-0.2, 0) is 14.4 Å². The van der Waals surface area contributed by atoms with Crippen LogP contribution in [0.25, 0.3) is 0 Å². The van der Waals surface area contributed by atoms with Gasteiger partial charge in [0.1, 0.15) is 6.04 Å². The highest BCUT2D eigenvalue weighted by atomic mass is 16.4. The van der Waals surface area contributed by atoms with Gasteiger partial charge in [-0.2, -0.15) is 0 Å². The number of ketones is 1. The van der Waals surface area contributed by atoms with Gasteiger partial charge in [0.15, 0.2) is 5.78 Å². The first-order valence-corrected chi connectivity index (χ1v) is 9.51. The first-order valence-electron chi connectivity index (χ1n) is 9.51. The first-order chi connectivity index (χ1) is 14.0. The Morgan fingerprint density at radius 1 is 1.13 bits per heavy atom. The molecular weight excluding hydrogens is 386 g/mol. The van der Waals surface area contributed by atoms with E-state index in [1.807, 2.05) is 31.1 Å². The number of hydrogen-bond acceptors (Lipinski definition) is 5. The molecule has 4 N–H and O–H groups in total. The normalized spacial score (nSPS) is 13.5. The molecule has 2 amide bonds. The maximum atomic E-state index is 12.6. The molecule has 1 aromatic carbocycles. The van der Waals surface area contributed by atoms with Crippen LogP contribution in [0.4, 0.5) is 5.69 Å². The summed E-state index contributed by atoms with van der Waals surface area (Å²) >= 11 is 0. The van der Waals surface area contributed by atoms with E-state index in [0.717, 1.165) is 5.69 Å². The third kappa shape index (κ3) is 8.30. The van der Waals surface area contributed by atoms with Gasteiger partial charge in [-0.05, 0) is 37.6 Å². The van der Waals surface area contributed by atoms with Crippen molar-refractivity contribution in [3.63, 3.8) is 0 Å². The van der Waals surface area contributed by atoms with Gasteiger partial charge in [0.25, 0.3) is 0 Å². The van der Waals surface area contributed by atoms with E-state index in [1.165, 1.54) is 12.2 Å². The van der Waals surface area contributed by atoms with Gasteiger partial charge in [0.05, 0.1) is 0 Å². The monoisotopic (exact) mass is 415 g/mol. The second kappa shape index (κ2) is 11.5. The lowest BCUT2D eigenvalue weighted by Crippen LogP contribution is -2.40. The summed E-state index contributed by atoms with van der Waals surface area (Å²) < 4.78 is 0. The van der Waals surface area contributed by atoms with E-state index in [4.69, 9.17) is 10.8 Å². The molecule has 0 aliphatic rings. The maximum Gasteiger partial charge on any atom is 0.326 e. The number of carboxylic acid groups (broad SMARTS) is 1. The first kappa shape index (κ1) is 24.6. The predicted octanol–water partition coefficient (Wildman–Crippen LogP) is 1.91. The summed E-state index contributed by atoms with van der Waals surface area (Å²) in [6.07, 6.45) is 4.19. The zero-order valence-electron chi connectivity index (χ0n) is 17.7. The molecule has 0 fully saturated rings. The average Bonchev–Trinajstić information content (AvgIpc) is 2.68. The van der Waals surface area contributed by atoms with E-state index in [9.17, 15) is 19.2 Å². The van der Waals surface area contributed by atoms with Crippen molar-refractivity contribution in [1.29, 1.82) is 0 Å². The fraction of sp³-hybridized carbons (Fsp3) is 0.364. The Kier molecular flexibility index (Phi) is 9.48. The third-order valence-electron chi connectivity index (χ3n) is 4.39. The van der Waals surface area contributed by atoms with Crippen molar-refractivity contribution in [1.82, 2.24) is 5.32 Å². The number of carbonyl (C=O) groups is 4. The van der Waals surface area contributed by atoms with Crippen LogP contribution >= 0.6 is 0 Å². The molecule has 0 aliphatic heterocycles. The van der Waals surface area contributed by atoms with Crippen LogP contribution < -0.4 is 16.0 Å². The van der Waals surface area contributed by atoms with Crippen LogP contribution in [0.3, 0.4) is 0 Å². The van der Waals surface area contributed by atoms with Gasteiger partial charge in [0, 0.05) is 43.8 Å². The maximum absolute atomic E-state index is 12.6. The summed E-state index contributed by atoms with van der Waals surface area (Å²) in [6.45, 7) is 3.51. The number of carbonyl (C=O) groups excluding carboxylic acids is 3. The number of hydrogen-bond donors (Lipinski definition) is 3. The molecule has 8 nitrogen and oxygen atoms in total. The van der Waals surface area contributed by atoms with E-state index in [1.54, 1.807) is 32.1 Å². The zero-order valence-corrected chi connectivity index (χ0v) is 17.7. The second-order valence-corrected chi connectivity index (χ2v) is 7.24. The van der Waals surface area contributed by atoms with E-state index in [2.05, 4.69) is 5.32 Å². The van der Waals surface area contributed by atoms with Crippen molar-refractivity contribution >= 4 is 29.3 Å². The van der Waals surface area contributed by atoms with Gasteiger partial charge in [-0.25, -0.2) is 4.79 Å². The summed E-state index contributed by atoms with van der Waals surface area (Å²) in [5, 5.41) is 11.4. The zero-order chi connectivity index (χ0) is 22.8. The average molecular weight is 415 g/mol. The molecule has 0 bridgehead atoms. The van der Waals surface area contributed by atoms with Crippen molar-refractivity contribution in [3.05, 3.63) is 53.6 Å². The van der Waals surface area contributed by atoms with Gasteiger partial charge >= 0.3 is 5.97 Å². The molecule has 0 radical (unpaired) electrons. The minimum absolute atomic E-state index is 0.0464. The molecule has 0 saturated carbocycles. The molecule has 2 unspecified atom stereocenters. The topological polar surface area (TPSA) is 130 Å². The predicted molar refractivity (Wildman–Crippen MR) is 115 cm³/mol. The number of rotatable bonds is 11. The minimum atomic E-state index is -1.25. The van der Waals surface area contributed by atoms with Crippen molar-refractivity contribution in [2.75, 3.05) is 19.0 Å². The number of anilines is 1. The number of primary amides is 1. The van der Waals surface area contributed by atoms with Gasteiger partial charge in [-0.3, -0.25) is 14.4 Å². The Morgan fingerprint density at radius 3 is 2.23 bits per heavy atom. The SMILES string of the molecule is CC(C=CC(=O)NC(CCC(N)=O)C(=O)O)=CC(C)C(=O)c1ccc(N(C)C)cc1. The molecule has 0 saturated heterocycles. The second-order valence-electron chi connectivity index (χ2n) is 7.24. The summed E-state index contributed by atoms with van der Waals surface area (Å²) in [4.78, 5) is 48.4. The Labute approximate surface area is 176 Å². The van der Waals surface area contributed by atoms with Crippen molar-refractivity contribution in [3.8, 4) is 0 Å². The van der Waals surface area contributed by atoms with Crippen LogP contribution in [-0.4, -0.2) is 48.8 Å². The number of benzene rings is 1. The minimum Gasteiger partial charge on any atom is -0.480 e. The number of nitrogens with zero attached hydrogens (tertiary/aromatic N) is 1. The molecule has 0 heterocycles. The smallest absolute Gasteiger partial charge is 0.326 e. The number of allylic oxidation sites excluding steroid dienone is 3. The molecule has 30 heavy (non-hydrogen) atoms. The van der Waals surface area contributed by atoms with Gasteiger partial charge in [0.2, 0.25) is 11.8 Å². The standard InChI is InChI=1S/C22H29N3O5/c1-14(5-12-20(27)24-18(22(29)30)10-11-19(23)26)13-15(2)21(28)16-6-8-17(9-7-16)25(3)4/h5-9,12-13,15,18H,10-11H2,1-4H3,(H2,23,26)(H,24,27)(H,29,30). The number of nitrogens with one attached hydrogen (secondary N) is 1. The van der Waals surface area contributed by atoms with Crippen LogP contribution in [0, 0.1) is 5.92 Å². The van der Waals surface area contributed by atoms with E-state index < -0.39 is 29.7 Å². The third-order valence-corrected chi connectivity index (χ3v) is 4.39. The molecule has 2 atom stereocenters. The lowest BCUT2D eigenvalue weighted by molar-refractivity contribution is -0.141. The fourth-order valence-electron chi connectivity index (χ4n) is 2.68. The van der Waals surface area contributed by atoms with E-state index in [-0.39, 0.29) is 18.6 Å². The number of aliphatic carboxylic acids is 1. The molecule has 0 aliphatic carbocycles. The largest absolute Gasteiger partial charge is 0.480 e. The molecule has 1 rings (SSSR count). The quantitative estimate of drug-likeness (QED) is 0.288. The van der Waals surface area contributed by atoms with Crippen molar-refractivity contribution < 1.29 is 24.3 Å². The molecule has 8 heteroatoms. The highest BCUT2D eigenvalue weighted by Crippen LogP contribution is 2.17. The van der Waals surface area contributed by atoms with Crippen molar-refractivity contribution in [2.24, 2.45) is 11.7 Å². The summed E-state index contributed by atoms with van der Waals surface area (Å²) in [7, 11) is 3.84. The van der Waals surface area contributed by atoms with Crippen molar-refractivity contribution in [2.45, 2.75) is 32.7 Å². The lowest BCUT2D eigenvalue weighted by atomic mass is 9.97. The highest BCUT2D eigenvalue weighted by Gasteiger charge is 2.19. The summed E-state index contributed by atoms with van der Waals surface area (Å²) in [5.74, 6) is -2.94. The molecule has 162 valence electrons. The number of carboxylic acids is 1. The fourth-order valence-corrected chi connectivity index (χ4v) is 2.68. The molecule has 0 spiro atoms. The number of nitrogens with two attached hydrogens (primary N) is 1. The Hall–Kier alpha value is -3.42. The number of Topliss-reactive ketones (excluding diaryl/α,β-unsaturated/α-hetero) is 1. The highest BCUT2D eigenvalue weighted by molar-refractivity contribution is 5.99. The van der Waals surface area contributed by atoms with Gasteiger partial charge < -0.3 is 21.1 Å². The van der Waals surface area contributed by atoms with Crippen LogP contribution in [0.15, 0.2) is 48.1 Å². The molecular formula is C22H29N3O5. The molecule has 1 aromatic rings. The number of amides is 2. The Bertz CT molecular complexity index is 841. The van der Waals surface area contributed by atoms with Crippen LogP contribution in [0.5, 0.6) is 0 Å². The molecule has 0 aromatic heterocycles. The summed E-state index contributed by atoms with van der Waals surface area (Å²) in [5.41, 5.74) is 7.28. The summed E-state index contributed by atoms with van der Waals surface area (Å²) in [6, 6.07) is 6.09. The van der Waals surface area contributed by atoms with Crippen LogP contribution in [0.1, 0.15) is 37.0 Å². The Balaban J connectivity index is 2.72. The van der Waals surface area contributed by atoms with E-state index >= 15 is 0 Å². The lowest BCUT2D eigenvalue weighted by Gasteiger charge is -2.13. The Morgan fingerprint density at radius 2 is 1.73 bits per heavy atom. The van der Waals surface area contributed by atoms with Gasteiger partial charge in [-0.15, -0.1) is 0 Å². The van der Waals surface area contributed by atoms with Crippen LogP contribution in [0.2, 0.25) is 0 Å².